The maximum Gasteiger partial charge on any atom is 0.162 e. The van der Waals surface area contributed by atoms with Crippen molar-refractivity contribution in [3.63, 3.8) is 0 Å². The predicted octanol–water partition coefficient (Wildman–Crippen LogP) is 3.02. The Balaban J connectivity index is 1.88. The zero-order valence-electron chi connectivity index (χ0n) is 11.2. The normalized spacial score (nSPS) is 14.9. The fraction of sp³-hybridized carbons (Fsp3) is 0.267. The van der Waals surface area contributed by atoms with Gasteiger partial charge in [-0.2, -0.15) is 0 Å². The molecule has 3 rings (SSSR count). The number of fused-ring (bicyclic) bond motifs is 1. The van der Waals surface area contributed by atoms with E-state index in [0.29, 0.717) is 13.2 Å². The molecule has 2 N–H and O–H groups in total. The number of benzene rings is 1. The monoisotopic (exact) mass is 288 g/mol. The van der Waals surface area contributed by atoms with Crippen LogP contribution in [0.1, 0.15) is 18.5 Å². The van der Waals surface area contributed by atoms with Gasteiger partial charge in [0.25, 0.3) is 0 Å². The Hall–Kier alpha value is -1.72. The lowest BCUT2D eigenvalue weighted by Crippen LogP contribution is -2.15. The van der Waals surface area contributed by atoms with Crippen molar-refractivity contribution in [2.24, 2.45) is 5.73 Å². The van der Waals surface area contributed by atoms with E-state index in [1.165, 1.54) is 0 Å². The highest BCUT2D eigenvalue weighted by atomic mass is 32.2. The molecule has 0 unspecified atom stereocenters. The maximum atomic E-state index is 5.98. The third-order valence-electron chi connectivity index (χ3n) is 3.02. The lowest BCUT2D eigenvalue weighted by atomic mass is 10.2. The average Bonchev–Trinajstić information content (AvgIpc) is 2.47. The highest BCUT2D eigenvalue weighted by molar-refractivity contribution is 7.99. The first-order valence-corrected chi connectivity index (χ1v) is 7.33. The molecule has 1 aliphatic heterocycles. The van der Waals surface area contributed by atoms with Crippen LogP contribution in [-0.4, -0.2) is 18.2 Å². The average molecular weight is 288 g/mol. The van der Waals surface area contributed by atoms with Crippen molar-refractivity contribution in [1.29, 1.82) is 0 Å². The minimum atomic E-state index is -0.0385. The number of hydrogen-bond acceptors (Lipinski definition) is 5. The van der Waals surface area contributed by atoms with E-state index in [1.807, 2.05) is 37.3 Å². The summed E-state index contributed by atoms with van der Waals surface area (Å²) in [7, 11) is 0. The number of nitrogens with zero attached hydrogens (tertiary/aromatic N) is 1. The van der Waals surface area contributed by atoms with Gasteiger partial charge < -0.3 is 15.2 Å². The van der Waals surface area contributed by atoms with Gasteiger partial charge in [0.15, 0.2) is 11.5 Å². The molecule has 1 aromatic heterocycles. The van der Waals surface area contributed by atoms with Gasteiger partial charge in [0, 0.05) is 22.7 Å². The van der Waals surface area contributed by atoms with E-state index >= 15 is 0 Å². The largest absolute Gasteiger partial charge is 0.486 e. The number of pyridine rings is 1. The molecule has 0 aliphatic carbocycles. The molecule has 4 nitrogen and oxygen atoms in total. The van der Waals surface area contributed by atoms with Crippen LogP contribution in [0.2, 0.25) is 0 Å². The Morgan fingerprint density at radius 1 is 1.20 bits per heavy atom. The maximum absolute atomic E-state index is 5.98. The van der Waals surface area contributed by atoms with E-state index in [1.54, 1.807) is 18.0 Å². The standard InChI is InChI=1S/C15H16N2O2S/c1-10(16)12-3-2-6-17-15(12)20-11-4-5-13-14(9-11)19-8-7-18-13/h2-6,9-10H,7-8,16H2,1H3/t10-/m0/s1. The Morgan fingerprint density at radius 3 is 2.80 bits per heavy atom. The van der Waals surface area contributed by atoms with Gasteiger partial charge in [-0.1, -0.05) is 17.8 Å². The summed E-state index contributed by atoms with van der Waals surface area (Å²) in [4.78, 5) is 5.48. The molecule has 2 heterocycles. The molecule has 0 amide bonds. The summed E-state index contributed by atoms with van der Waals surface area (Å²) in [5, 5.41) is 0.930. The van der Waals surface area contributed by atoms with Crippen LogP contribution in [0.3, 0.4) is 0 Å². The van der Waals surface area contributed by atoms with Crippen molar-refractivity contribution in [2.75, 3.05) is 13.2 Å². The van der Waals surface area contributed by atoms with Crippen molar-refractivity contribution in [3.8, 4) is 11.5 Å². The molecule has 20 heavy (non-hydrogen) atoms. The van der Waals surface area contributed by atoms with Gasteiger partial charge in [0.05, 0.1) is 0 Å². The molecule has 1 aliphatic rings. The molecular weight excluding hydrogens is 272 g/mol. The lowest BCUT2D eigenvalue weighted by Gasteiger charge is -2.19. The number of hydrogen-bond donors (Lipinski definition) is 1. The molecule has 2 aromatic rings. The van der Waals surface area contributed by atoms with Crippen LogP contribution in [0.25, 0.3) is 0 Å². The SMILES string of the molecule is C[C@H](N)c1cccnc1Sc1ccc2c(c1)OCCO2. The molecular formula is C15H16N2O2S. The molecule has 1 atom stereocenters. The van der Waals surface area contributed by atoms with Gasteiger partial charge >= 0.3 is 0 Å². The Kier molecular flexibility index (Phi) is 3.80. The smallest absolute Gasteiger partial charge is 0.162 e. The van der Waals surface area contributed by atoms with E-state index in [9.17, 15) is 0 Å². The quantitative estimate of drug-likeness (QED) is 0.940. The molecule has 1 aromatic carbocycles. The van der Waals surface area contributed by atoms with Crippen LogP contribution in [-0.2, 0) is 0 Å². The molecule has 0 bridgehead atoms. The summed E-state index contributed by atoms with van der Waals surface area (Å²) in [5.41, 5.74) is 7.03. The number of nitrogens with two attached hydrogens (primary N) is 1. The number of ether oxygens (including phenoxy) is 2. The van der Waals surface area contributed by atoms with Crippen molar-refractivity contribution in [2.45, 2.75) is 22.9 Å². The first kappa shape index (κ1) is 13.3. The molecule has 0 radical (unpaired) electrons. The van der Waals surface area contributed by atoms with Gasteiger partial charge in [-0.3, -0.25) is 0 Å². The molecule has 0 spiro atoms. The van der Waals surface area contributed by atoms with Crippen LogP contribution in [0.15, 0.2) is 46.5 Å². The van der Waals surface area contributed by atoms with Crippen LogP contribution >= 0.6 is 11.8 Å². The van der Waals surface area contributed by atoms with Crippen LogP contribution in [0, 0.1) is 0 Å². The second-order valence-electron chi connectivity index (χ2n) is 4.59. The van der Waals surface area contributed by atoms with Crippen LogP contribution < -0.4 is 15.2 Å². The van der Waals surface area contributed by atoms with Gasteiger partial charge in [-0.05, 0) is 31.2 Å². The summed E-state index contributed by atoms with van der Waals surface area (Å²) in [6.45, 7) is 3.16. The molecule has 104 valence electrons. The topological polar surface area (TPSA) is 57.4 Å². The number of rotatable bonds is 3. The Labute approximate surface area is 122 Å². The van der Waals surface area contributed by atoms with Crippen molar-refractivity contribution in [1.82, 2.24) is 4.98 Å². The fourth-order valence-electron chi connectivity index (χ4n) is 2.03. The minimum Gasteiger partial charge on any atom is -0.486 e. The number of aromatic nitrogens is 1. The van der Waals surface area contributed by atoms with Crippen molar-refractivity contribution in [3.05, 3.63) is 42.1 Å². The first-order chi connectivity index (χ1) is 9.74. The van der Waals surface area contributed by atoms with E-state index in [-0.39, 0.29) is 6.04 Å². The van der Waals surface area contributed by atoms with Gasteiger partial charge in [-0.25, -0.2) is 4.98 Å². The minimum absolute atomic E-state index is 0.0385. The van der Waals surface area contributed by atoms with E-state index in [2.05, 4.69) is 4.98 Å². The third kappa shape index (κ3) is 2.73. The van der Waals surface area contributed by atoms with Gasteiger partial charge in [0.2, 0.25) is 0 Å². The van der Waals surface area contributed by atoms with Crippen LogP contribution in [0.4, 0.5) is 0 Å². The zero-order valence-corrected chi connectivity index (χ0v) is 12.0. The summed E-state index contributed by atoms with van der Waals surface area (Å²) >= 11 is 1.59. The molecule has 0 saturated carbocycles. The van der Waals surface area contributed by atoms with Gasteiger partial charge in [-0.15, -0.1) is 0 Å². The molecule has 0 saturated heterocycles. The predicted molar refractivity (Wildman–Crippen MR) is 78.4 cm³/mol. The summed E-state index contributed by atoms with van der Waals surface area (Å²) < 4.78 is 11.1. The second-order valence-corrected chi connectivity index (χ2v) is 5.66. The van der Waals surface area contributed by atoms with Crippen molar-refractivity contribution >= 4 is 11.8 Å². The van der Waals surface area contributed by atoms with E-state index in [0.717, 1.165) is 27.0 Å². The Bertz CT molecular complexity index is 617. The summed E-state index contributed by atoms with van der Waals surface area (Å²) in [6.07, 6.45) is 1.78. The van der Waals surface area contributed by atoms with Gasteiger partial charge in [0.1, 0.15) is 18.2 Å². The Morgan fingerprint density at radius 2 is 2.00 bits per heavy atom. The van der Waals surface area contributed by atoms with Crippen molar-refractivity contribution < 1.29 is 9.47 Å². The second kappa shape index (κ2) is 5.73. The zero-order chi connectivity index (χ0) is 13.9. The first-order valence-electron chi connectivity index (χ1n) is 6.52. The summed E-state index contributed by atoms with van der Waals surface area (Å²) in [5.74, 6) is 1.59. The molecule has 5 heteroatoms. The highest BCUT2D eigenvalue weighted by Crippen LogP contribution is 2.37. The fourth-order valence-corrected chi connectivity index (χ4v) is 3.04. The lowest BCUT2D eigenvalue weighted by molar-refractivity contribution is 0.171. The van der Waals surface area contributed by atoms with E-state index in [4.69, 9.17) is 15.2 Å². The van der Waals surface area contributed by atoms with E-state index < -0.39 is 0 Å². The third-order valence-corrected chi connectivity index (χ3v) is 4.04. The summed E-state index contributed by atoms with van der Waals surface area (Å²) in [6, 6.07) is 9.82. The van der Waals surface area contributed by atoms with Crippen LogP contribution in [0.5, 0.6) is 11.5 Å². The highest BCUT2D eigenvalue weighted by Gasteiger charge is 2.14. The molecule has 0 fully saturated rings.